The molecule has 1 rings (SSSR count). The van der Waals surface area contributed by atoms with Gasteiger partial charge in [-0.2, -0.15) is 0 Å². The fourth-order valence-electron chi connectivity index (χ4n) is 2.89. The first-order chi connectivity index (χ1) is 8.03. The van der Waals surface area contributed by atoms with Crippen LogP contribution in [0.5, 0.6) is 0 Å². The quantitative estimate of drug-likeness (QED) is 0.738. The molecule has 0 radical (unpaired) electrons. The van der Waals surface area contributed by atoms with E-state index in [9.17, 15) is 5.11 Å². The summed E-state index contributed by atoms with van der Waals surface area (Å²) in [6.07, 6.45) is 7.19. The maximum atomic E-state index is 10.4. The van der Waals surface area contributed by atoms with Crippen molar-refractivity contribution in [3.8, 4) is 0 Å². The van der Waals surface area contributed by atoms with Crippen LogP contribution < -0.4 is 0 Å². The maximum absolute atomic E-state index is 10.4. The predicted octanol–water partition coefficient (Wildman–Crippen LogP) is 3.44. The van der Waals surface area contributed by atoms with Gasteiger partial charge < -0.3 is 5.11 Å². The summed E-state index contributed by atoms with van der Waals surface area (Å²) in [5.74, 6) is 0. The summed E-state index contributed by atoms with van der Waals surface area (Å²) >= 11 is 0. The van der Waals surface area contributed by atoms with Crippen LogP contribution in [-0.4, -0.2) is 35.2 Å². The first kappa shape index (κ1) is 15.0. The molecule has 0 spiro atoms. The van der Waals surface area contributed by atoms with Crippen molar-refractivity contribution >= 4 is 0 Å². The molecule has 2 atom stereocenters. The Bertz CT molecular complexity index is 207. The van der Waals surface area contributed by atoms with Crippen LogP contribution in [0, 0.1) is 5.41 Å². The fraction of sp³-hybridized carbons (Fsp3) is 1.00. The van der Waals surface area contributed by atoms with Crippen molar-refractivity contribution < 1.29 is 5.11 Å². The smallest absolute Gasteiger partial charge is 0.0746 e. The molecule has 0 heterocycles. The third-order valence-corrected chi connectivity index (χ3v) is 4.32. The Balaban J connectivity index is 2.56. The maximum Gasteiger partial charge on any atom is 0.0746 e. The molecule has 0 aromatic heterocycles. The second-order valence-corrected chi connectivity index (χ2v) is 6.28. The van der Waals surface area contributed by atoms with Gasteiger partial charge in [0.15, 0.2) is 0 Å². The van der Waals surface area contributed by atoms with Gasteiger partial charge in [-0.05, 0) is 44.2 Å². The van der Waals surface area contributed by atoms with Crippen LogP contribution in [0.2, 0.25) is 0 Å². The van der Waals surface area contributed by atoms with Crippen LogP contribution >= 0.6 is 0 Å². The highest BCUT2D eigenvalue weighted by Crippen LogP contribution is 2.39. The first-order valence-corrected chi connectivity index (χ1v) is 7.45. The number of nitrogens with zero attached hydrogens (tertiary/aromatic N) is 1. The summed E-state index contributed by atoms with van der Waals surface area (Å²) in [6, 6.07) is 0.406. The average Bonchev–Trinajstić information content (AvgIpc) is 2.56. The Morgan fingerprint density at radius 1 is 1.12 bits per heavy atom. The highest BCUT2D eigenvalue weighted by Gasteiger charge is 2.42. The topological polar surface area (TPSA) is 23.5 Å². The molecule has 1 saturated carbocycles. The largest absolute Gasteiger partial charge is 0.391 e. The van der Waals surface area contributed by atoms with E-state index >= 15 is 0 Å². The Morgan fingerprint density at radius 3 is 2.00 bits per heavy atom. The van der Waals surface area contributed by atoms with Gasteiger partial charge in [0.25, 0.3) is 0 Å². The zero-order valence-corrected chi connectivity index (χ0v) is 12.2. The van der Waals surface area contributed by atoms with Gasteiger partial charge in [0, 0.05) is 6.04 Å². The van der Waals surface area contributed by atoms with Crippen LogP contribution in [0.15, 0.2) is 0 Å². The summed E-state index contributed by atoms with van der Waals surface area (Å²) in [5, 5.41) is 10.4. The lowest BCUT2D eigenvalue weighted by atomic mass is 9.88. The van der Waals surface area contributed by atoms with Gasteiger partial charge in [-0.3, -0.25) is 4.90 Å². The van der Waals surface area contributed by atoms with Crippen LogP contribution in [0.1, 0.15) is 66.2 Å². The Labute approximate surface area is 107 Å². The van der Waals surface area contributed by atoms with Crippen molar-refractivity contribution in [3.63, 3.8) is 0 Å². The molecule has 0 aromatic rings. The molecule has 0 saturated heterocycles. The SMILES string of the molecule is CCCCN(CCCC)C1CCC(C)(C)C1O. The number of hydrogen-bond acceptors (Lipinski definition) is 2. The lowest BCUT2D eigenvalue weighted by Crippen LogP contribution is -2.45. The van der Waals surface area contributed by atoms with E-state index in [4.69, 9.17) is 0 Å². The van der Waals surface area contributed by atoms with Gasteiger partial charge >= 0.3 is 0 Å². The monoisotopic (exact) mass is 241 g/mol. The number of aliphatic hydroxyl groups is 1. The number of aliphatic hydroxyl groups excluding tert-OH is 1. The van der Waals surface area contributed by atoms with E-state index < -0.39 is 0 Å². The third-order valence-electron chi connectivity index (χ3n) is 4.32. The van der Waals surface area contributed by atoms with E-state index in [2.05, 4.69) is 32.6 Å². The minimum absolute atomic E-state index is 0.112. The number of rotatable bonds is 7. The van der Waals surface area contributed by atoms with Crippen LogP contribution in [0.4, 0.5) is 0 Å². The number of unbranched alkanes of at least 4 members (excludes halogenated alkanes) is 2. The van der Waals surface area contributed by atoms with Crippen molar-refractivity contribution in [2.24, 2.45) is 5.41 Å². The standard InChI is InChI=1S/C15H31NO/c1-5-7-11-16(12-8-6-2)13-9-10-15(3,4)14(13)17/h13-14,17H,5-12H2,1-4H3. The molecule has 0 amide bonds. The average molecular weight is 241 g/mol. The van der Waals surface area contributed by atoms with Gasteiger partial charge in [0.05, 0.1) is 6.10 Å². The normalized spacial score (nSPS) is 27.9. The van der Waals surface area contributed by atoms with Crippen molar-refractivity contribution in [2.45, 2.75) is 78.4 Å². The molecule has 2 heteroatoms. The molecule has 1 aliphatic carbocycles. The zero-order chi connectivity index (χ0) is 12.9. The van der Waals surface area contributed by atoms with Crippen molar-refractivity contribution in [1.29, 1.82) is 0 Å². The molecule has 102 valence electrons. The summed E-state index contributed by atoms with van der Waals surface area (Å²) in [6.45, 7) is 11.2. The van der Waals surface area contributed by atoms with Gasteiger partial charge in [-0.25, -0.2) is 0 Å². The van der Waals surface area contributed by atoms with Crippen molar-refractivity contribution in [3.05, 3.63) is 0 Å². The van der Waals surface area contributed by atoms with E-state index in [0.29, 0.717) is 6.04 Å². The molecule has 0 aromatic carbocycles. The van der Waals surface area contributed by atoms with E-state index in [1.165, 1.54) is 32.1 Å². The minimum Gasteiger partial charge on any atom is -0.391 e. The summed E-state index contributed by atoms with van der Waals surface area (Å²) in [5.41, 5.74) is 0.112. The molecule has 1 fully saturated rings. The Hall–Kier alpha value is -0.0800. The van der Waals surface area contributed by atoms with Crippen LogP contribution in [-0.2, 0) is 0 Å². The summed E-state index contributed by atoms with van der Waals surface area (Å²) in [7, 11) is 0. The first-order valence-electron chi connectivity index (χ1n) is 7.45. The molecule has 17 heavy (non-hydrogen) atoms. The van der Waals surface area contributed by atoms with Crippen LogP contribution in [0.25, 0.3) is 0 Å². The molecule has 1 N–H and O–H groups in total. The Morgan fingerprint density at radius 2 is 1.65 bits per heavy atom. The van der Waals surface area contributed by atoms with Gasteiger partial charge in [0.1, 0.15) is 0 Å². The van der Waals surface area contributed by atoms with Gasteiger partial charge in [-0.1, -0.05) is 40.5 Å². The molecule has 2 nitrogen and oxygen atoms in total. The van der Waals surface area contributed by atoms with E-state index in [-0.39, 0.29) is 11.5 Å². The van der Waals surface area contributed by atoms with E-state index in [0.717, 1.165) is 19.5 Å². The zero-order valence-electron chi connectivity index (χ0n) is 12.2. The Kier molecular flexibility index (Phi) is 5.94. The van der Waals surface area contributed by atoms with Crippen molar-refractivity contribution in [2.75, 3.05) is 13.1 Å². The van der Waals surface area contributed by atoms with E-state index in [1.54, 1.807) is 0 Å². The van der Waals surface area contributed by atoms with Gasteiger partial charge in [-0.15, -0.1) is 0 Å². The van der Waals surface area contributed by atoms with Gasteiger partial charge in [0.2, 0.25) is 0 Å². The fourth-order valence-corrected chi connectivity index (χ4v) is 2.89. The molecule has 2 unspecified atom stereocenters. The predicted molar refractivity (Wildman–Crippen MR) is 74.2 cm³/mol. The van der Waals surface area contributed by atoms with Crippen molar-refractivity contribution in [1.82, 2.24) is 4.90 Å². The molecule has 0 bridgehead atoms. The second-order valence-electron chi connectivity index (χ2n) is 6.28. The summed E-state index contributed by atoms with van der Waals surface area (Å²) in [4.78, 5) is 2.55. The lowest BCUT2D eigenvalue weighted by molar-refractivity contribution is 0.0136. The second kappa shape index (κ2) is 6.75. The van der Waals surface area contributed by atoms with E-state index in [1.807, 2.05) is 0 Å². The molecular formula is C15H31NO. The summed E-state index contributed by atoms with van der Waals surface area (Å²) < 4.78 is 0. The lowest BCUT2D eigenvalue weighted by Gasteiger charge is -2.34. The molecule has 0 aliphatic heterocycles. The third kappa shape index (κ3) is 3.96. The highest BCUT2D eigenvalue weighted by molar-refractivity contribution is 4.96. The highest BCUT2D eigenvalue weighted by atomic mass is 16.3. The van der Waals surface area contributed by atoms with Crippen LogP contribution in [0.3, 0.4) is 0 Å². The molecule has 1 aliphatic rings. The molecular weight excluding hydrogens is 210 g/mol. The number of hydrogen-bond donors (Lipinski definition) is 1. The minimum atomic E-state index is -0.142.